The average molecular weight is 577 g/mol. The molecule has 2 atom stereocenters. The van der Waals surface area contributed by atoms with E-state index in [0.717, 1.165) is 28.2 Å². The van der Waals surface area contributed by atoms with E-state index in [1.54, 1.807) is 26.9 Å². The van der Waals surface area contributed by atoms with Gasteiger partial charge in [0.25, 0.3) is 0 Å². The fourth-order valence-corrected chi connectivity index (χ4v) is 5.13. The second kappa shape index (κ2) is 12.0. The number of rotatable bonds is 10. The molecule has 0 bridgehead atoms. The molecule has 1 aliphatic rings. The lowest BCUT2D eigenvalue weighted by Gasteiger charge is -2.37. The number of fused-ring (bicyclic) bond motifs is 1. The maximum absolute atomic E-state index is 7.05. The summed E-state index contributed by atoms with van der Waals surface area (Å²) < 4.78 is 26.3. The van der Waals surface area contributed by atoms with Crippen molar-refractivity contribution in [3.8, 4) is 11.5 Å². The minimum atomic E-state index is -1.03. The van der Waals surface area contributed by atoms with E-state index in [4.69, 9.17) is 18.9 Å². The number of imidazole rings is 1. The van der Waals surface area contributed by atoms with Crippen LogP contribution in [-0.2, 0) is 15.1 Å². The first-order chi connectivity index (χ1) is 21.0. The Morgan fingerprint density at radius 2 is 1.44 bits per heavy atom. The van der Waals surface area contributed by atoms with Crippen LogP contribution in [0.2, 0.25) is 0 Å². The molecule has 0 amide bonds. The summed E-state index contributed by atoms with van der Waals surface area (Å²) in [5.41, 5.74) is 2.92. The Labute approximate surface area is 249 Å². The summed E-state index contributed by atoms with van der Waals surface area (Å²) >= 11 is 0. The molecule has 0 saturated carbocycles. The van der Waals surface area contributed by atoms with Crippen molar-refractivity contribution < 1.29 is 18.9 Å². The number of nitrogens with zero attached hydrogens (tertiary/aromatic N) is 6. The van der Waals surface area contributed by atoms with Crippen molar-refractivity contribution in [3.05, 3.63) is 120 Å². The number of hydrogen-bond acceptors (Lipinski definition) is 8. The van der Waals surface area contributed by atoms with Crippen LogP contribution in [0.15, 0.2) is 109 Å². The molecule has 10 heteroatoms. The summed E-state index contributed by atoms with van der Waals surface area (Å²) in [5.74, 6) is 1.98. The largest absolute Gasteiger partial charge is 0.497 e. The van der Waals surface area contributed by atoms with Crippen LogP contribution >= 0.6 is 0 Å². The molecule has 0 spiro atoms. The Morgan fingerprint density at radius 3 is 2.05 bits per heavy atom. The van der Waals surface area contributed by atoms with Gasteiger partial charge in [-0.05, 0) is 53.1 Å². The van der Waals surface area contributed by atoms with Crippen molar-refractivity contribution in [2.75, 3.05) is 28.3 Å². The van der Waals surface area contributed by atoms with Gasteiger partial charge in [-0.15, -0.1) is 0 Å². The van der Waals surface area contributed by atoms with E-state index in [0.29, 0.717) is 17.0 Å². The van der Waals surface area contributed by atoms with E-state index in [9.17, 15) is 0 Å². The van der Waals surface area contributed by atoms with E-state index < -0.39 is 18.1 Å². The predicted molar refractivity (Wildman–Crippen MR) is 164 cm³/mol. The van der Waals surface area contributed by atoms with Crippen molar-refractivity contribution in [3.63, 3.8) is 0 Å². The summed E-state index contributed by atoms with van der Waals surface area (Å²) in [7, 11) is 7.09. The first-order valence-corrected chi connectivity index (χ1v) is 13.8. The van der Waals surface area contributed by atoms with Crippen LogP contribution in [0.5, 0.6) is 11.5 Å². The van der Waals surface area contributed by atoms with Crippen molar-refractivity contribution in [2.24, 2.45) is 4.99 Å². The molecule has 0 fully saturated rings. The Morgan fingerprint density at radius 1 is 0.814 bits per heavy atom. The maximum Gasteiger partial charge on any atom is 0.184 e. The van der Waals surface area contributed by atoms with Crippen LogP contribution in [0.25, 0.3) is 11.2 Å². The first-order valence-electron chi connectivity index (χ1n) is 13.8. The molecule has 3 heterocycles. The van der Waals surface area contributed by atoms with Crippen LogP contribution in [0.3, 0.4) is 0 Å². The minimum absolute atomic E-state index is 0.481. The van der Waals surface area contributed by atoms with Crippen molar-refractivity contribution >= 4 is 23.3 Å². The Kier molecular flexibility index (Phi) is 7.86. The smallest absolute Gasteiger partial charge is 0.184 e. The molecule has 10 nitrogen and oxygen atoms in total. The molecule has 0 unspecified atom stereocenters. The monoisotopic (exact) mass is 576 g/mol. The zero-order valence-electron chi connectivity index (χ0n) is 24.4. The lowest BCUT2D eigenvalue weighted by molar-refractivity contribution is -0.179. The molecule has 6 rings (SSSR count). The molecule has 43 heavy (non-hydrogen) atoms. The third-order valence-electron chi connectivity index (χ3n) is 7.20. The number of hydrogen-bond donors (Lipinski definition) is 0. The van der Waals surface area contributed by atoms with Gasteiger partial charge in [-0.3, -0.25) is 4.57 Å². The fraction of sp³-hybridized carbons (Fsp3) is 0.212. The van der Waals surface area contributed by atoms with Crippen LogP contribution in [0.1, 0.15) is 22.9 Å². The van der Waals surface area contributed by atoms with Gasteiger partial charge in [0.15, 0.2) is 29.5 Å². The molecule has 0 saturated heterocycles. The second-order valence-corrected chi connectivity index (χ2v) is 10.1. The SMILES string of the molecule is COc1ccc(C(O[C@@H]2C=C[C@H](n3cnc4c(/N=C/N(C)C)ncnc43)O2)(c2ccccc2)c2ccc(OC)cc2)cc1. The van der Waals surface area contributed by atoms with Gasteiger partial charge >= 0.3 is 0 Å². The standard InChI is InChI=1S/C33H32N6O4/c1-38(2)21-37-31-30-32(35-20-34-31)39(22-36-30)28-18-19-29(42-28)43-33(23-8-6-5-7-9-23,24-10-14-26(40-3)15-11-24)25-12-16-27(41-4)17-13-25/h5-22,28-29H,1-4H3/b37-21+/t28-,29-/m1/s1. The molecule has 3 aromatic carbocycles. The number of benzene rings is 3. The van der Waals surface area contributed by atoms with Gasteiger partial charge in [0.05, 0.1) is 26.9 Å². The average Bonchev–Trinajstić information content (AvgIpc) is 3.70. The lowest BCUT2D eigenvalue weighted by Crippen LogP contribution is -2.37. The number of aromatic nitrogens is 4. The van der Waals surface area contributed by atoms with E-state index in [1.807, 2.05) is 102 Å². The molecular formula is C33H32N6O4. The molecule has 2 aromatic heterocycles. The van der Waals surface area contributed by atoms with Crippen LogP contribution in [0, 0.1) is 0 Å². The molecule has 0 N–H and O–H groups in total. The maximum atomic E-state index is 7.05. The van der Waals surface area contributed by atoms with E-state index in [2.05, 4.69) is 32.1 Å². The summed E-state index contributed by atoms with van der Waals surface area (Å²) in [6, 6.07) is 25.9. The Hall–Kier alpha value is -5.06. The summed E-state index contributed by atoms with van der Waals surface area (Å²) in [6.45, 7) is 0. The van der Waals surface area contributed by atoms with Crippen molar-refractivity contribution in [2.45, 2.75) is 18.1 Å². The zero-order chi connectivity index (χ0) is 29.8. The van der Waals surface area contributed by atoms with E-state index in [-0.39, 0.29) is 0 Å². The lowest BCUT2D eigenvalue weighted by atomic mass is 9.80. The molecule has 0 radical (unpaired) electrons. The van der Waals surface area contributed by atoms with E-state index >= 15 is 0 Å². The second-order valence-electron chi connectivity index (χ2n) is 10.1. The Bertz CT molecular complexity index is 1690. The van der Waals surface area contributed by atoms with Gasteiger partial charge in [0, 0.05) is 14.1 Å². The summed E-state index contributed by atoms with van der Waals surface area (Å²) in [5, 5.41) is 0. The Balaban J connectivity index is 1.39. The number of aliphatic imine (C=N–C) groups is 1. The van der Waals surface area contributed by atoms with Crippen molar-refractivity contribution in [1.82, 2.24) is 24.4 Å². The number of methoxy groups -OCH3 is 2. The van der Waals surface area contributed by atoms with Gasteiger partial charge in [-0.25, -0.2) is 19.9 Å². The fourth-order valence-electron chi connectivity index (χ4n) is 5.13. The highest BCUT2D eigenvalue weighted by molar-refractivity contribution is 5.83. The topological polar surface area (TPSA) is 96.1 Å². The third kappa shape index (κ3) is 5.45. The highest BCUT2D eigenvalue weighted by Gasteiger charge is 2.41. The number of ether oxygens (including phenoxy) is 4. The highest BCUT2D eigenvalue weighted by atomic mass is 16.7. The molecule has 5 aromatic rings. The highest BCUT2D eigenvalue weighted by Crippen LogP contribution is 2.44. The van der Waals surface area contributed by atoms with Crippen molar-refractivity contribution in [1.29, 1.82) is 0 Å². The normalized spacial score (nSPS) is 16.7. The zero-order valence-corrected chi connectivity index (χ0v) is 24.4. The van der Waals surface area contributed by atoms with Crippen LogP contribution < -0.4 is 9.47 Å². The predicted octanol–water partition coefficient (Wildman–Crippen LogP) is 5.48. The quantitative estimate of drug-likeness (QED) is 0.0933. The molecule has 218 valence electrons. The van der Waals surface area contributed by atoms with Gasteiger partial charge in [0.1, 0.15) is 23.4 Å². The summed E-state index contributed by atoms with van der Waals surface area (Å²) in [6.07, 6.45) is 7.47. The van der Waals surface area contributed by atoms with Gasteiger partial charge in [-0.2, -0.15) is 0 Å². The van der Waals surface area contributed by atoms with Crippen LogP contribution in [-0.4, -0.2) is 65.4 Å². The first kappa shape index (κ1) is 28.1. The van der Waals surface area contributed by atoms with Gasteiger partial charge in [0.2, 0.25) is 0 Å². The van der Waals surface area contributed by atoms with Gasteiger partial charge < -0.3 is 23.8 Å². The van der Waals surface area contributed by atoms with Crippen LogP contribution in [0.4, 0.5) is 5.82 Å². The molecule has 1 aliphatic heterocycles. The molecule has 0 aliphatic carbocycles. The summed E-state index contributed by atoms with van der Waals surface area (Å²) in [4.78, 5) is 19.6. The third-order valence-corrected chi connectivity index (χ3v) is 7.20. The minimum Gasteiger partial charge on any atom is -0.497 e. The van der Waals surface area contributed by atoms with E-state index in [1.165, 1.54) is 6.33 Å². The van der Waals surface area contributed by atoms with Gasteiger partial charge in [-0.1, -0.05) is 54.6 Å². The molecular weight excluding hydrogens is 544 g/mol.